The van der Waals surface area contributed by atoms with Crippen LogP contribution in [0.3, 0.4) is 0 Å². The van der Waals surface area contributed by atoms with Crippen LogP contribution in [0.25, 0.3) is 21.0 Å². The highest BCUT2D eigenvalue weighted by molar-refractivity contribution is 7.22. The van der Waals surface area contributed by atoms with Gasteiger partial charge >= 0.3 is 11.7 Å². The van der Waals surface area contributed by atoms with Crippen LogP contribution in [-0.4, -0.2) is 32.8 Å². The smallest absolute Gasteiger partial charge is 0.333 e. The van der Waals surface area contributed by atoms with Crippen molar-refractivity contribution < 1.29 is 18.7 Å². The number of fused-ring (bicyclic) bond motifs is 1. The third-order valence-electron chi connectivity index (χ3n) is 6.09. The van der Waals surface area contributed by atoms with E-state index in [0.29, 0.717) is 38.7 Å². The topological polar surface area (TPSA) is 106 Å². The predicted molar refractivity (Wildman–Crippen MR) is 142 cm³/mol. The molecule has 9 nitrogen and oxygen atoms in total. The second-order valence-electron chi connectivity index (χ2n) is 10.3. The molecular weight excluding hydrogens is 494 g/mol. The number of para-hydroxylation sites is 1. The summed E-state index contributed by atoms with van der Waals surface area (Å²) >= 11 is 1.27. The molecule has 0 fully saturated rings. The number of ether oxygens (including phenoxy) is 2. The zero-order valence-electron chi connectivity index (χ0n) is 22.1. The molecule has 3 aromatic heterocycles. The van der Waals surface area contributed by atoms with E-state index in [1.54, 1.807) is 39.4 Å². The minimum atomic E-state index is -1.56. The Bertz CT molecular complexity index is 1570. The Hall–Kier alpha value is -3.66. The Labute approximate surface area is 218 Å². The maximum Gasteiger partial charge on any atom is 0.333 e. The Morgan fingerprint density at radius 3 is 2.46 bits per heavy atom. The first kappa shape index (κ1) is 26.4. The van der Waals surface area contributed by atoms with E-state index in [1.165, 1.54) is 37.6 Å². The molecule has 0 aliphatic heterocycles. The predicted octanol–water partition coefficient (Wildman–Crippen LogP) is 4.52. The molecule has 0 saturated carbocycles. The van der Waals surface area contributed by atoms with Crippen molar-refractivity contribution in [3.63, 3.8) is 0 Å². The van der Waals surface area contributed by atoms with Gasteiger partial charge in [-0.05, 0) is 65.2 Å². The van der Waals surface area contributed by atoms with Crippen molar-refractivity contribution in [2.24, 2.45) is 0 Å². The highest BCUT2D eigenvalue weighted by Gasteiger charge is 2.38. The van der Waals surface area contributed by atoms with Crippen LogP contribution in [0.5, 0.6) is 5.75 Å². The number of carbonyl (C=O) groups excluding carboxylic acids is 1. The summed E-state index contributed by atoms with van der Waals surface area (Å²) in [5.41, 5.74) is -1.96. The van der Waals surface area contributed by atoms with E-state index in [2.05, 4.69) is 4.98 Å². The lowest BCUT2D eigenvalue weighted by Crippen LogP contribution is -2.54. The van der Waals surface area contributed by atoms with Crippen molar-refractivity contribution in [2.75, 3.05) is 7.11 Å². The molecule has 0 aliphatic carbocycles. The SMILES string of the molecule is COc1ccccc1CCn1c(=O)n(C(C)(C)C(=O)OC(C)(C)C)c(=O)c2c(C)c(-c3ncco3)sc21. The van der Waals surface area contributed by atoms with E-state index in [4.69, 9.17) is 13.9 Å². The van der Waals surface area contributed by atoms with Crippen LogP contribution < -0.4 is 16.0 Å². The lowest BCUT2D eigenvalue weighted by molar-refractivity contribution is -0.164. The van der Waals surface area contributed by atoms with Gasteiger partial charge < -0.3 is 13.9 Å². The molecule has 0 unspecified atom stereocenters. The second kappa shape index (κ2) is 9.66. The average molecular weight is 526 g/mol. The number of hydrogen-bond donors (Lipinski definition) is 0. The number of nitrogens with zero attached hydrogens (tertiary/aromatic N) is 3. The number of hydrogen-bond acceptors (Lipinski definition) is 8. The first-order chi connectivity index (χ1) is 17.4. The Morgan fingerprint density at radius 1 is 1.14 bits per heavy atom. The second-order valence-corrected chi connectivity index (χ2v) is 11.3. The summed E-state index contributed by atoms with van der Waals surface area (Å²) in [6, 6.07) is 7.57. The summed E-state index contributed by atoms with van der Waals surface area (Å²) in [5.74, 6) is 0.396. The van der Waals surface area contributed by atoms with E-state index in [-0.39, 0.29) is 6.54 Å². The van der Waals surface area contributed by atoms with Crippen LogP contribution in [0.15, 0.2) is 50.7 Å². The molecule has 0 N–H and O–H groups in total. The van der Waals surface area contributed by atoms with Crippen molar-refractivity contribution in [2.45, 2.75) is 65.6 Å². The maximum absolute atomic E-state index is 14.0. The van der Waals surface area contributed by atoms with E-state index in [0.717, 1.165) is 10.1 Å². The fourth-order valence-corrected chi connectivity index (χ4v) is 5.47. The molecule has 196 valence electrons. The standard InChI is InChI=1S/C27H31N3O6S/c1-16-19-22(31)30(27(5,6)24(32)36-26(2,3)4)25(33)29(14-12-17-10-8-9-11-18(17)34-7)23(19)37-20(16)21-28-13-15-35-21/h8-11,13,15H,12,14H2,1-7H3. The third kappa shape index (κ3) is 4.85. The molecule has 3 heterocycles. The molecule has 0 aliphatic rings. The monoisotopic (exact) mass is 525 g/mol. The van der Waals surface area contributed by atoms with Gasteiger partial charge in [0.15, 0.2) is 0 Å². The number of rotatable bonds is 7. The molecule has 4 rings (SSSR count). The van der Waals surface area contributed by atoms with Crippen molar-refractivity contribution in [3.05, 3.63) is 68.7 Å². The van der Waals surface area contributed by atoms with Gasteiger partial charge in [-0.3, -0.25) is 9.36 Å². The van der Waals surface area contributed by atoms with Gasteiger partial charge in [0.05, 0.1) is 23.6 Å². The minimum Gasteiger partial charge on any atom is -0.496 e. The third-order valence-corrected chi connectivity index (χ3v) is 7.40. The molecule has 37 heavy (non-hydrogen) atoms. The van der Waals surface area contributed by atoms with Crippen LogP contribution in [-0.2, 0) is 28.0 Å². The summed E-state index contributed by atoms with van der Waals surface area (Å²) in [6.07, 6.45) is 3.45. The van der Waals surface area contributed by atoms with E-state index in [9.17, 15) is 14.4 Å². The summed E-state index contributed by atoms with van der Waals surface area (Å²) < 4.78 is 19.1. The van der Waals surface area contributed by atoms with Gasteiger partial charge in [0.25, 0.3) is 5.56 Å². The highest BCUT2D eigenvalue weighted by Crippen LogP contribution is 2.36. The molecule has 0 bridgehead atoms. The number of aryl methyl sites for hydroxylation is 3. The summed E-state index contributed by atoms with van der Waals surface area (Å²) in [5, 5.41) is 0.342. The lowest BCUT2D eigenvalue weighted by atomic mass is 10.0. The van der Waals surface area contributed by atoms with Crippen LogP contribution in [0, 0.1) is 6.92 Å². The van der Waals surface area contributed by atoms with Crippen LogP contribution >= 0.6 is 11.3 Å². The first-order valence-electron chi connectivity index (χ1n) is 11.9. The maximum atomic E-state index is 14.0. The zero-order valence-corrected chi connectivity index (χ0v) is 22.9. The van der Waals surface area contributed by atoms with Gasteiger partial charge in [0.1, 0.15) is 28.0 Å². The summed E-state index contributed by atoms with van der Waals surface area (Å²) in [7, 11) is 1.60. The number of oxazole rings is 1. The fourth-order valence-electron chi connectivity index (χ4n) is 4.21. The first-order valence-corrected chi connectivity index (χ1v) is 12.7. The van der Waals surface area contributed by atoms with Gasteiger partial charge in [-0.25, -0.2) is 19.1 Å². The Kier molecular flexibility index (Phi) is 6.89. The normalized spacial score (nSPS) is 12.2. The lowest BCUT2D eigenvalue weighted by Gasteiger charge is -2.30. The van der Waals surface area contributed by atoms with E-state index in [1.807, 2.05) is 24.3 Å². The van der Waals surface area contributed by atoms with Gasteiger partial charge in [-0.15, -0.1) is 11.3 Å². The molecule has 4 aromatic rings. The number of thiophene rings is 1. The van der Waals surface area contributed by atoms with Gasteiger partial charge in [-0.1, -0.05) is 18.2 Å². The van der Waals surface area contributed by atoms with Crippen LogP contribution in [0.4, 0.5) is 0 Å². The number of esters is 1. The largest absolute Gasteiger partial charge is 0.496 e. The number of benzene rings is 1. The van der Waals surface area contributed by atoms with Crippen molar-refractivity contribution >= 4 is 27.5 Å². The zero-order chi connectivity index (χ0) is 27.1. The molecular formula is C27H31N3O6S. The van der Waals surface area contributed by atoms with Gasteiger partial charge in [-0.2, -0.15) is 0 Å². The highest BCUT2D eigenvalue weighted by atomic mass is 32.1. The minimum absolute atomic E-state index is 0.255. The van der Waals surface area contributed by atoms with Gasteiger partial charge in [0, 0.05) is 6.54 Å². The quantitative estimate of drug-likeness (QED) is 0.327. The van der Waals surface area contributed by atoms with Crippen molar-refractivity contribution in [1.82, 2.24) is 14.1 Å². The molecule has 0 amide bonds. The molecule has 0 spiro atoms. The van der Waals surface area contributed by atoms with Crippen LogP contribution in [0.1, 0.15) is 45.7 Å². The molecule has 0 radical (unpaired) electrons. The van der Waals surface area contributed by atoms with Crippen LogP contribution in [0.2, 0.25) is 0 Å². The molecule has 0 saturated heterocycles. The van der Waals surface area contributed by atoms with Gasteiger partial charge in [0.2, 0.25) is 5.89 Å². The van der Waals surface area contributed by atoms with E-state index < -0.39 is 28.4 Å². The Morgan fingerprint density at radius 2 is 1.84 bits per heavy atom. The number of aromatic nitrogens is 3. The average Bonchev–Trinajstić information content (AvgIpc) is 3.46. The summed E-state index contributed by atoms with van der Waals surface area (Å²) in [6.45, 7) is 10.3. The van der Waals surface area contributed by atoms with Crippen molar-refractivity contribution in [1.29, 1.82) is 0 Å². The fraction of sp³-hybridized carbons (Fsp3) is 0.407. The van der Waals surface area contributed by atoms with E-state index >= 15 is 0 Å². The molecule has 0 atom stereocenters. The van der Waals surface area contributed by atoms with Crippen molar-refractivity contribution in [3.8, 4) is 16.5 Å². The number of methoxy groups -OCH3 is 1. The summed E-state index contributed by atoms with van der Waals surface area (Å²) in [4.78, 5) is 46.4. The molecule has 10 heteroatoms. The Balaban J connectivity index is 1.96. The number of carbonyl (C=O) groups is 1. The molecule has 1 aromatic carbocycles.